The van der Waals surface area contributed by atoms with E-state index in [0.29, 0.717) is 6.42 Å². The van der Waals surface area contributed by atoms with Gasteiger partial charge in [0, 0.05) is 11.3 Å². The van der Waals surface area contributed by atoms with Crippen molar-refractivity contribution in [1.82, 2.24) is 4.67 Å². The van der Waals surface area contributed by atoms with E-state index in [4.69, 9.17) is 5.10 Å². The van der Waals surface area contributed by atoms with E-state index in [9.17, 15) is 4.79 Å². The van der Waals surface area contributed by atoms with Gasteiger partial charge in [0.15, 0.2) is 14.7 Å². The zero-order valence-electron chi connectivity index (χ0n) is 14.1. The zero-order chi connectivity index (χ0) is 16.7. The molecule has 0 saturated heterocycles. The molecule has 0 aromatic heterocycles. The van der Waals surface area contributed by atoms with E-state index in [-0.39, 0.29) is 5.78 Å². The molecule has 0 bridgehead atoms. The minimum atomic E-state index is -1.10. The van der Waals surface area contributed by atoms with Gasteiger partial charge in [-0.15, -0.1) is 0 Å². The Kier molecular flexibility index (Phi) is 6.29. The molecule has 3 nitrogen and oxygen atoms in total. The van der Waals surface area contributed by atoms with Gasteiger partial charge in [0.1, 0.15) is 0 Å². The second-order valence-electron chi connectivity index (χ2n) is 5.98. The van der Waals surface area contributed by atoms with Crippen LogP contribution in [0.2, 0.25) is 13.1 Å². The van der Waals surface area contributed by atoms with E-state index in [0.717, 1.165) is 17.8 Å². The molecule has 2 aromatic carbocycles. The Balaban J connectivity index is 2.05. The van der Waals surface area contributed by atoms with E-state index >= 15 is 0 Å². The number of nitrogens with zero attached hydrogens (tertiary/aromatic N) is 2. The van der Waals surface area contributed by atoms with Crippen molar-refractivity contribution in [2.75, 3.05) is 0 Å². The molecular weight excluding hydrogens is 300 g/mol. The van der Waals surface area contributed by atoms with Gasteiger partial charge >= 0.3 is 0 Å². The maximum absolute atomic E-state index is 12.3. The summed E-state index contributed by atoms with van der Waals surface area (Å²) in [7, 11) is -1.10. The molecule has 0 saturated carbocycles. The minimum absolute atomic E-state index is 0.122. The molecule has 0 radical (unpaired) electrons. The van der Waals surface area contributed by atoms with Crippen LogP contribution in [0.15, 0.2) is 65.8 Å². The maximum atomic E-state index is 12.3. The summed E-state index contributed by atoms with van der Waals surface area (Å²) < 4.78 is 2.17. The average molecular weight is 325 g/mol. The summed E-state index contributed by atoms with van der Waals surface area (Å²) >= 11 is 0. The molecule has 2 aromatic rings. The Morgan fingerprint density at radius 2 is 1.57 bits per heavy atom. The van der Waals surface area contributed by atoms with E-state index in [1.807, 2.05) is 55.5 Å². The van der Waals surface area contributed by atoms with Gasteiger partial charge in [-0.1, -0.05) is 73.8 Å². The number of ketones is 1. The number of hydrazone groups is 1. The van der Waals surface area contributed by atoms with Crippen LogP contribution in [0.1, 0.15) is 29.3 Å². The normalized spacial score (nSPS) is 11.6. The van der Waals surface area contributed by atoms with Crippen molar-refractivity contribution in [1.29, 1.82) is 0 Å². The Morgan fingerprint density at radius 3 is 2.13 bits per heavy atom. The van der Waals surface area contributed by atoms with Gasteiger partial charge in [-0.3, -0.25) is 4.79 Å². The summed E-state index contributed by atoms with van der Waals surface area (Å²) in [6.45, 7) is 7.24. The molecule has 0 aliphatic carbocycles. The number of carbonyl (C=O) groups excluding carboxylic acids is 1. The first-order valence-electron chi connectivity index (χ1n) is 7.99. The monoisotopic (exact) mass is 324 g/mol. The number of benzene rings is 2. The second-order valence-corrected chi connectivity index (χ2v) is 8.76. The molecular formula is C19H24N2OSi. The van der Waals surface area contributed by atoms with Crippen molar-refractivity contribution < 1.29 is 4.79 Å². The largest absolute Gasteiger partial charge is 0.324 e. The van der Waals surface area contributed by atoms with Crippen molar-refractivity contribution in [3.8, 4) is 0 Å². The van der Waals surface area contributed by atoms with Gasteiger partial charge < -0.3 is 4.67 Å². The lowest BCUT2D eigenvalue weighted by molar-refractivity contribution is 0.1000. The number of rotatable bonds is 7. The highest BCUT2D eigenvalue weighted by Gasteiger charge is 2.12. The second kappa shape index (κ2) is 8.43. The lowest BCUT2D eigenvalue weighted by atomic mass is 10.1. The molecule has 0 atom stereocenters. The lowest BCUT2D eigenvalue weighted by Gasteiger charge is -2.24. The third-order valence-corrected chi connectivity index (χ3v) is 5.09. The van der Waals surface area contributed by atoms with Crippen LogP contribution in [0.4, 0.5) is 0 Å². The highest BCUT2D eigenvalue weighted by atomic mass is 28.3. The molecule has 0 fully saturated rings. The van der Waals surface area contributed by atoms with Gasteiger partial charge in [0.05, 0.1) is 13.0 Å². The van der Waals surface area contributed by atoms with E-state index in [1.165, 1.54) is 5.56 Å². The summed E-state index contributed by atoms with van der Waals surface area (Å²) in [5.74, 6) is 0.122. The van der Waals surface area contributed by atoms with Crippen molar-refractivity contribution in [3.63, 3.8) is 0 Å². The Hall–Kier alpha value is -2.20. The van der Waals surface area contributed by atoms with E-state index in [1.54, 1.807) is 0 Å². The lowest BCUT2D eigenvalue weighted by Crippen LogP contribution is -2.30. The van der Waals surface area contributed by atoms with Crippen LogP contribution >= 0.6 is 0 Å². The predicted molar refractivity (Wildman–Crippen MR) is 99.4 cm³/mol. The topological polar surface area (TPSA) is 32.7 Å². The molecule has 4 heteroatoms. The van der Waals surface area contributed by atoms with Gasteiger partial charge in [-0.25, -0.2) is 0 Å². The zero-order valence-corrected chi connectivity index (χ0v) is 15.2. The first kappa shape index (κ1) is 17.2. The van der Waals surface area contributed by atoms with Crippen molar-refractivity contribution in [2.45, 2.75) is 33.0 Å². The Morgan fingerprint density at radius 1 is 1.00 bits per heavy atom. The smallest absolute Gasteiger partial charge is 0.168 e. The fourth-order valence-corrected chi connectivity index (χ4v) is 3.32. The van der Waals surface area contributed by atoms with Crippen LogP contribution in [-0.4, -0.2) is 25.1 Å². The molecule has 2 rings (SSSR count). The molecule has 0 aliphatic rings. The average Bonchev–Trinajstić information content (AvgIpc) is 2.56. The Bertz CT molecular complexity index is 654. The number of hydrogen-bond donors (Lipinski definition) is 0. The summed E-state index contributed by atoms with van der Waals surface area (Å²) in [6, 6.07) is 19.8. The fourth-order valence-electron chi connectivity index (χ4n) is 2.32. The van der Waals surface area contributed by atoms with Gasteiger partial charge in [-0.2, -0.15) is 5.10 Å². The first-order valence-corrected chi connectivity index (χ1v) is 10.8. The highest BCUT2D eigenvalue weighted by molar-refractivity contribution is 6.52. The summed E-state index contributed by atoms with van der Waals surface area (Å²) in [5.41, 5.74) is 2.87. The van der Waals surface area contributed by atoms with Crippen LogP contribution in [-0.2, 0) is 6.54 Å². The fraction of sp³-hybridized carbons (Fsp3) is 0.263. The minimum Gasteiger partial charge on any atom is -0.324 e. The summed E-state index contributed by atoms with van der Waals surface area (Å²) in [6.07, 6.45) is 0.371. The SMILES string of the molecule is CC(CC(=O)c1ccccc1)=NN(Cc1ccccc1)[SiH](C)C. The van der Waals surface area contributed by atoms with Crippen LogP contribution in [0.3, 0.4) is 0 Å². The first-order chi connectivity index (χ1) is 11.1. The Labute approximate surface area is 140 Å². The summed E-state index contributed by atoms with van der Waals surface area (Å²) in [5, 5.41) is 4.73. The molecule has 0 N–H and O–H groups in total. The third-order valence-electron chi connectivity index (χ3n) is 3.59. The van der Waals surface area contributed by atoms with Crippen molar-refractivity contribution in [3.05, 3.63) is 71.8 Å². The van der Waals surface area contributed by atoms with Gasteiger partial charge in [0.25, 0.3) is 0 Å². The van der Waals surface area contributed by atoms with Gasteiger partial charge in [0.2, 0.25) is 0 Å². The third kappa shape index (κ3) is 5.49. The maximum Gasteiger partial charge on any atom is 0.168 e. The van der Waals surface area contributed by atoms with E-state index in [2.05, 4.69) is 29.9 Å². The molecule has 0 unspecified atom stereocenters. The number of carbonyl (C=O) groups is 1. The standard InChI is InChI=1S/C19H24N2OSi/c1-16(14-19(22)18-12-8-5-9-13-18)20-21(23(2)3)15-17-10-6-4-7-11-17/h4-13,23H,14-15H2,1-3H3. The predicted octanol–water partition coefficient (Wildman–Crippen LogP) is 4.12. The number of Topliss-reactive ketones (excluding diaryl/α,β-unsaturated/α-hetero) is 1. The van der Waals surface area contributed by atoms with Crippen molar-refractivity contribution in [2.24, 2.45) is 5.10 Å². The van der Waals surface area contributed by atoms with Crippen molar-refractivity contribution >= 4 is 20.5 Å². The summed E-state index contributed by atoms with van der Waals surface area (Å²) in [4.78, 5) is 12.3. The van der Waals surface area contributed by atoms with Gasteiger partial charge in [-0.05, 0) is 12.5 Å². The highest BCUT2D eigenvalue weighted by Crippen LogP contribution is 2.09. The van der Waals surface area contributed by atoms with Crippen LogP contribution in [0.25, 0.3) is 0 Å². The molecule has 0 aliphatic heterocycles. The molecule has 0 amide bonds. The quantitative estimate of drug-likeness (QED) is 0.332. The molecule has 23 heavy (non-hydrogen) atoms. The molecule has 0 spiro atoms. The molecule has 0 heterocycles. The van der Waals surface area contributed by atoms with E-state index < -0.39 is 8.96 Å². The molecule has 120 valence electrons. The van der Waals surface area contributed by atoms with Crippen LogP contribution in [0.5, 0.6) is 0 Å². The van der Waals surface area contributed by atoms with Crippen LogP contribution < -0.4 is 0 Å². The number of hydrogen-bond acceptors (Lipinski definition) is 3. The van der Waals surface area contributed by atoms with Crippen LogP contribution in [0, 0.1) is 0 Å².